The van der Waals surface area contributed by atoms with Gasteiger partial charge in [-0.15, -0.1) is 0 Å². The first-order valence-corrected chi connectivity index (χ1v) is 4.93. The van der Waals surface area contributed by atoms with E-state index in [4.69, 9.17) is 5.73 Å². The molecule has 0 aliphatic carbocycles. The molecule has 0 bridgehead atoms. The minimum absolute atomic E-state index is 0.212. The highest BCUT2D eigenvalue weighted by atomic mass is 16.3. The van der Waals surface area contributed by atoms with E-state index in [1.807, 2.05) is 19.2 Å². The first-order valence-electron chi connectivity index (χ1n) is 4.93. The molecule has 3 nitrogen and oxygen atoms in total. The van der Waals surface area contributed by atoms with E-state index in [-0.39, 0.29) is 12.0 Å². The van der Waals surface area contributed by atoms with Gasteiger partial charge in [0.1, 0.15) is 0 Å². The number of aliphatic hydroxyl groups is 1. The standard InChI is InChI=1S/C11H18N2O/c1-8-3-4-13-7-11(8)10(6-12)5-9(2)14/h3-4,7,9-10,14H,5-6,12H2,1-2H3. The van der Waals surface area contributed by atoms with Crippen molar-refractivity contribution in [2.24, 2.45) is 5.73 Å². The quantitative estimate of drug-likeness (QED) is 0.757. The highest BCUT2D eigenvalue weighted by molar-refractivity contribution is 5.25. The van der Waals surface area contributed by atoms with E-state index >= 15 is 0 Å². The maximum Gasteiger partial charge on any atom is 0.0518 e. The van der Waals surface area contributed by atoms with Crippen molar-refractivity contribution in [3.8, 4) is 0 Å². The second-order valence-electron chi connectivity index (χ2n) is 3.75. The number of nitrogens with two attached hydrogens (primary N) is 1. The third-order valence-corrected chi connectivity index (χ3v) is 2.43. The van der Waals surface area contributed by atoms with E-state index in [0.717, 1.165) is 5.56 Å². The topological polar surface area (TPSA) is 59.1 Å². The van der Waals surface area contributed by atoms with E-state index in [1.165, 1.54) is 5.56 Å². The maximum absolute atomic E-state index is 9.33. The summed E-state index contributed by atoms with van der Waals surface area (Å²) in [5.41, 5.74) is 8.02. The summed E-state index contributed by atoms with van der Waals surface area (Å²) >= 11 is 0. The summed E-state index contributed by atoms with van der Waals surface area (Å²) < 4.78 is 0. The van der Waals surface area contributed by atoms with Crippen LogP contribution in [-0.4, -0.2) is 22.7 Å². The Morgan fingerprint density at radius 2 is 2.29 bits per heavy atom. The Balaban J connectivity index is 2.83. The Kier molecular flexibility index (Phi) is 4.04. The van der Waals surface area contributed by atoms with Gasteiger partial charge in [-0.1, -0.05) is 0 Å². The summed E-state index contributed by atoms with van der Waals surface area (Å²) in [4.78, 5) is 4.08. The van der Waals surface area contributed by atoms with Gasteiger partial charge in [-0.05, 0) is 44.0 Å². The molecule has 2 atom stereocenters. The maximum atomic E-state index is 9.33. The fourth-order valence-electron chi connectivity index (χ4n) is 1.67. The molecule has 78 valence electrons. The van der Waals surface area contributed by atoms with Gasteiger partial charge in [0.15, 0.2) is 0 Å². The summed E-state index contributed by atoms with van der Waals surface area (Å²) in [6, 6.07) is 1.97. The van der Waals surface area contributed by atoms with Crippen molar-refractivity contribution < 1.29 is 5.11 Å². The molecular weight excluding hydrogens is 176 g/mol. The van der Waals surface area contributed by atoms with Crippen molar-refractivity contribution in [3.63, 3.8) is 0 Å². The molecule has 0 saturated heterocycles. The highest BCUT2D eigenvalue weighted by Crippen LogP contribution is 2.22. The predicted molar refractivity (Wildman–Crippen MR) is 57.1 cm³/mol. The molecule has 0 radical (unpaired) electrons. The van der Waals surface area contributed by atoms with Crippen LogP contribution in [0.15, 0.2) is 18.5 Å². The van der Waals surface area contributed by atoms with Crippen molar-refractivity contribution in [2.75, 3.05) is 6.54 Å². The molecule has 0 aliphatic heterocycles. The van der Waals surface area contributed by atoms with Crippen molar-refractivity contribution in [1.29, 1.82) is 0 Å². The average Bonchev–Trinajstić information content (AvgIpc) is 2.15. The zero-order chi connectivity index (χ0) is 10.6. The molecule has 0 aliphatic rings. The monoisotopic (exact) mass is 194 g/mol. The highest BCUT2D eigenvalue weighted by Gasteiger charge is 2.14. The van der Waals surface area contributed by atoms with Gasteiger partial charge in [-0.25, -0.2) is 0 Å². The molecule has 3 N–H and O–H groups in total. The van der Waals surface area contributed by atoms with Crippen LogP contribution in [0.1, 0.15) is 30.4 Å². The molecule has 0 aromatic carbocycles. The Morgan fingerprint density at radius 3 is 2.79 bits per heavy atom. The normalized spacial score (nSPS) is 15.1. The van der Waals surface area contributed by atoms with Crippen LogP contribution >= 0.6 is 0 Å². The number of hydrogen-bond donors (Lipinski definition) is 2. The largest absolute Gasteiger partial charge is 0.393 e. The van der Waals surface area contributed by atoms with Gasteiger partial charge < -0.3 is 10.8 Å². The summed E-state index contributed by atoms with van der Waals surface area (Å²) in [5.74, 6) is 0.212. The second-order valence-corrected chi connectivity index (χ2v) is 3.75. The van der Waals surface area contributed by atoms with Gasteiger partial charge in [-0.3, -0.25) is 4.98 Å². The second kappa shape index (κ2) is 5.08. The number of aromatic nitrogens is 1. The van der Waals surface area contributed by atoms with Gasteiger partial charge in [0.2, 0.25) is 0 Å². The van der Waals surface area contributed by atoms with Crippen LogP contribution in [0.5, 0.6) is 0 Å². The molecule has 3 heteroatoms. The number of aliphatic hydroxyl groups excluding tert-OH is 1. The fourth-order valence-corrected chi connectivity index (χ4v) is 1.67. The Bertz CT molecular complexity index is 286. The Hall–Kier alpha value is -0.930. The number of hydrogen-bond acceptors (Lipinski definition) is 3. The van der Waals surface area contributed by atoms with Crippen LogP contribution in [0, 0.1) is 6.92 Å². The van der Waals surface area contributed by atoms with E-state index < -0.39 is 0 Å². The summed E-state index contributed by atoms with van der Waals surface area (Å²) in [6.07, 6.45) is 4.00. The Labute approximate surface area is 85.0 Å². The predicted octanol–water partition coefficient (Wildman–Crippen LogP) is 1.20. The minimum atomic E-state index is -0.317. The van der Waals surface area contributed by atoms with Gasteiger partial charge in [0.25, 0.3) is 0 Å². The Morgan fingerprint density at radius 1 is 1.57 bits per heavy atom. The fraction of sp³-hybridized carbons (Fsp3) is 0.545. The third kappa shape index (κ3) is 2.79. The molecule has 0 saturated carbocycles. The molecule has 1 aromatic rings. The number of pyridine rings is 1. The van der Waals surface area contributed by atoms with Crippen molar-refractivity contribution in [1.82, 2.24) is 4.98 Å². The smallest absolute Gasteiger partial charge is 0.0518 e. The van der Waals surface area contributed by atoms with Crippen LogP contribution in [0.25, 0.3) is 0 Å². The van der Waals surface area contributed by atoms with Crippen LogP contribution in [0.3, 0.4) is 0 Å². The number of rotatable bonds is 4. The summed E-state index contributed by atoms with van der Waals surface area (Å²) in [5, 5.41) is 9.33. The van der Waals surface area contributed by atoms with Crippen molar-refractivity contribution in [3.05, 3.63) is 29.6 Å². The lowest BCUT2D eigenvalue weighted by Crippen LogP contribution is -2.18. The molecule has 0 fully saturated rings. The number of nitrogens with zero attached hydrogens (tertiary/aromatic N) is 1. The van der Waals surface area contributed by atoms with Gasteiger partial charge in [-0.2, -0.15) is 0 Å². The molecular formula is C11H18N2O. The zero-order valence-electron chi connectivity index (χ0n) is 8.77. The van der Waals surface area contributed by atoms with Gasteiger partial charge >= 0.3 is 0 Å². The lowest BCUT2D eigenvalue weighted by atomic mass is 9.92. The average molecular weight is 194 g/mol. The lowest BCUT2D eigenvalue weighted by molar-refractivity contribution is 0.175. The number of aryl methyl sites for hydroxylation is 1. The molecule has 1 rings (SSSR count). The molecule has 0 amide bonds. The SMILES string of the molecule is Cc1ccncc1C(CN)CC(C)O. The van der Waals surface area contributed by atoms with E-state index in [9.17, 15) is 5.11 Å². The van der Waals surface area contributed by atoms with E-state index in [1.54, 1.807) is 13.1 Å². The minimum Gasteiger partial charge on any atom is -0.393 e. The van der Waals surface area contributed by atoms with Crippen molar-refractivity contribution in [2.45, 2.75) is 32.3 Å². The summed E-state index contributed by atoms with van der Waals surface area (Å²) in [6.45, 7) is 4.38. The third-order valence-electron chi connectivity index (χ3n) is 2.43. The van der Waals surface area contributed by atoms with Crippen LogP contribution in [0.4, 0.5) is 0 Å². The molecule has 1 heterocycles. The van der Waals surface area contributed by atoms with Gasteiger partial charge in [0.05, 0.1) is 6.10 Å². The molecule has 14 heavy (non-hydrogen) atoms. The van der Waals surface area contributed by atoms with E-state index in [2.05, 4.69) is 4.98 Å². The van der Waals surface area contributed by atoms with Gasteiger partial charge in [0, 0.05) is 18.3 Å². The first kappa shape index (κ1) is 11.1. The molecule has 0 spiro atoms. The van der Waals surface area contributed by atoms with Crippen LogP contribution in [0.2, 0.25) is 0 Å². The lowest BCUT2D eigenvalue weighted by Gasteiger charge is -2.18. The first-order chi connectivity index (χ1) is 6.65. The summed E-state index contributed by atoms with van der Waals surface area (Å²) in [7, 11) is 0. The molecule has 1 aromatic heterocycles. The van der Waals surface area contributed by atoms with Crippen LogP contribution in [-0.2, 0) is 0 Å². The molecule has 2 unspecified atom stereocenters. The zero-order valence-corrected chi connectivity index (χ0v) is 8.77. The van der Waals surface area contributed by atoms with Crippen LogP contribution < -0.4 is 5.73 Å². The van der Waals surface area contributed by atoms with E-state index in [0.29, 0.717) is 13.0 Å². The van der Waals surface area contributed by atoms with Crippen molar-refractivity contribution >= 4 is 0 Å².